The van der Waals surface area contributed by atoms with Crippen molar-refractivity contribution in [2.75, 3.05) is 58.7 Å². The Hall–Kier alpha value is -0.170. The van der Waals surface area contributed by atoms with Gasteiger partial charge in [-0.25, -0.2) is 12.7 Å². The van der Waals surface area contributed by atoms with Crippen LogP contribution >= 0.6 is 24.0 Å². The van der Waals surface area contributed by atoms with Gasteiger partial charge in [-0.3, -0.25) is 4.99 Å². The zero-order valence-electron chi connectivity index (χ0n) is 14.7. The van der Waals surface area contributed by atoms with Crippen LogP contribution in [0.15, 0.2) is 4.99 Å². The van der Waals surface area contributed by atoms with Gasteiger partial charge in [-0.2, -0.15) is 0 Å². The Balaban J connectivity index is 0.00000225. The third-order valence-electron chi connectivity index (χ3n) is 4.83. The summed E-state index contributed by atoms with van der Waals surface area (Å²) >= 11 is 0. The Bertz CT molecular complexity index is 554. The minimum atomic E-state index is -3.03. The number of rotatable bonds is 4. The van der Waals surface area contributed by atoms with Gasteiger partial charge in [0.25, 0.3) is 0 Å². The van der Waals surface area contributed by atoms with Crippen molar-refractivity contribution in [3.8, 4) is 0 Å². The summed E-state index contributed by atoms with van der Waals surface area (Å²) in [6, 6.07) is 0. The number of hydrogen-bond donors (Lipinski definition) is 1. The topological polar surface area (TPSA) is 83.5 Å². The van der Waals surface area contributed by atoms with Gasteiger partial charge in [-0.1, -0.05) is 0 Å². The largest absolute Gasteiger partial charge is 0.375 e. The van der Waals surface area contributed by atoms with E-state index in [-0.39, 0.29) is 41.9 Å². The zero-order chi connectivity index (χ0) is 17.0. The van der Waals surface area contributed by atoms with Crippen LogP contribution < -0.4 is 5.32 Å². The molecule has 0 saturated carbocycles. The lowest BCUT2D eigenvalue weighted by Gasteiger charge is -2.37. The highest BCUT2D eigenvalue weighted by Gasteiger charge is 2.32. The second-order valence-corrected chi connectivity index (χ2v) is 8.54. The van der Waals surface area contributed by atoms with E-state index in [9.17, 15) is 8.42 Å². The SMILES string of the molecule is CN=C(NCCN1CCCS1(=O)=O)N1CCOC(C2CCCO2)C1.I. The first-order valence-electron chi connectivity index (χ1n) is 8.77. The number of hydrogen-bond acceptors (Lipinski definition) is 5. The molecule has 3 fully saturated rings. The Morgan fingerprint density at radius 3 is 2.64 bits per heavy atom. The maximum atomic E-state index is 11.8. The molecule has 0 aromatic heterocycles. The highest BCUT2D eigenvalue weighted by Crippen LogP contribution is 2.21. The second-order valence-electron chi connectivity index (χ2n) is 6.45. The van der Waals surface area contributed by atoms with Gasteiger partial charge in [0.1, 0.15) is 6.10 Å². The third-order valence-corrected chi connectivity index (χ3v) is 6.79. The number of sulfonamides is 1. The van der Waals surface area contributed by atoms with Crippen LogP contribution in [0.5, 0.6) is 0 Å². The normalized spacial score (nSPS) is 30.3. The molecule has 0 bridgehead atoms. The lowest BCUT2D eigenvalue weighted by Crippen LogP contribution is -2.54. The van der Waals surface area contributed by atoms with E-state index in [0.29, 0.717) is 26.2 Å². The zero-order valence-corrected chi connectivity index (χ0v) is 17.9. The molecule has 8 nitrogen and oxygen atoms in total. The van der Waals surface area contributed by atoms with Crippen molar-refractivity contribution >= 4 is 40.0 Å². The average Bonchev–Trinajstić information content (AvgIpc) is 3.22. The number of nitrogens with zero attached hydrogens (tertiary/aromatic N) is 3. The van der Waals surface area contributed by atoms with E-state index in [1.165, 1.54) is 0 Å². The van der Waals surface area contributed by atoms with E-state index in [0.717, 1.165) is 44.9 Å². The first-order valence-corrected chi connectivity index (χ1v) is 10.4. The van der Waals surface area contributed by atoms with Gasteiger partial charge >= 0.3 is 0 Å². The number of ether oxygens (including phenoxy) is 2. The molecule has 3 rings (SSSR count). The van der Waals surface area contributed by atoms with Crippen molar-refractivity contribution in [2.24, 2.45) is 4.99 Å². The molecule has 3 saturated heterocycles. The standard InChI is InChI=1S/C15H28N4O4S.HI/c1-16-15(17-5-7-19-6-3-11-24(19,20)21)18-8-10-23-14(12-18)13-4-2-9-22-13;/h13-14H,2-12H2,1H3,(H,16,17);1H. The molecule has 0 radical (unpaired) electrons. The molecule has 25 heavy (non-hydrogen) atoms. The molecule has 3 aliphatic heterocycles. The van der Waals surface area contributed by atoms with E-state index in [1.807, 2.05) is 0 Å². The van der Waals surface area contributed by atoms with Crippen LogP contribution in [0.2, 0.25) is 0 Å². The number of aliphatic imine (C=N–C) groups is 1. The summed E-state index contributed by atoms with van der Waals surface area (Å²) in [5.74, 6) is 1.08. The van der Waals surface area contributed by atoms with E-state index >= 15 is 0 Å². The first kappa shape index (κ1) is 21.1. The first-order chi connectivity index (χ1) is 11.6. The maximum Gasteiger partial charge on any atom is 0.214 e. The van der Waals surface area contributed by atoms with Crippen LogP contribution in [0, 0.1) is 0 Å². The third kappa shape index (κ3) is 5.41. The van der Waals surface area contributed by atoms with Crippen LogP contribution in [-0.2, 0) is 19.5 Å². The molecular formula is C15H29IN4O4S. The average molecular weight is 488 g/mol. The lowest BCUT2D eigenvalue weighted by atomic mass is 10.1. The highest BCUT2D eigenvalue weighted by atomic mass is 127. The molecule has 2 unspecified atom stereocenters. The maximum absolute atomic E-state index is 11.8. The van der Waals surface area contributed by atoms with E-state index in [2.05, 4.69) is 15.2 Å². The van der Waals surface area contributed by atoms with Gasteiger partial charge < -0.3 is 19.7 Å². The van der Waals surface area contributed by atoms with Crippen molar-refractivity contribution in [1.82, 2.24) is 14.5 Å². The van der Waals surface area contributed by atoms with Crippen molar-refractivity contribution < 1.29 is 17.9 Å². The molecule has 0 amide bonds. The monoisotopic (exact) mass is 488 g/mol. The van der Waals surface area contributed by atoms with Crippen LogP contribution in [0.4, 0.5) is 0 Å². The van der Waals surface area contributed by atoms with Gasteiger partial charge in [0.05, 0.1) is 18.5 Å². The molecule has 1 N–H and O–H groups in total. The van der Waals surface area contributed by atoms with Gasteiger partial charge in [0, 0.05) is 46.4 Å². The highest BCUT2D eigenvalue weighted by molar-refractivity contribution is 14.0. The minimum Gasteiger partial charge on any atom is -0.375 e. The summed E-state index contributed by atoms with van der Waals surface area (Å²) in [6.45, 7) is 4.70. The molecule has 3 aliphatic rings. The predicted octanol–water partition coefficient (Wildman–Crippen LogP) is 0.0951. The molecule has 0 aromatic rings. The Morgan fingerprint density at radius 2 is 2.00 bits per heavy atom. The summed E-state index contributed by atoms with van der Waals surface area (Å²) in [4.78, 5) is 6.52. The number of halogens is 1. The smallest absolute Gasteiger partial charge is 0.214 e. The quantitative estimate of drug-likeness (QED) is 0.344. The van der Waals surface area contributed by atoms with Crippen molar-refractivity contribution in [1.29, 1.82) is 0 Å². The van der Waals surface area contributed by atoms with Crippen LogP contribution in [0.25, 0.3) is 0 Å². The fraction of sp³-hybridized carbons (Fsp3) is 0.933. The Labute approximate surface area is 167 Å². The van der Waals surface area contributed by atoms with Crippen LogP contribution in [0.1, 0.15) is 19.3 Å². The fourth-order valence-electron chi connectivity index (χ4n) is 3.56. The summed E-state index contributed by atoms with van der Waals surface area (Å²) in [5.41, 5.74) is 0. The Morgan fingerprint density at radius 1 is 1.20 bits per heavy atom. The van der Waals surface area contributed by atoms with Crippen LogP contribution in [-0.4, -0.2) is 94.5 Å². The van der Waals surface area contributed by atoms with Gasteiger partial charge in [0.2, 0.25) is 10.0 Å². The van der Waals surface area contributed by atoms with E-state index in [1.54, 1.807) is 11.4 Å². The van der Waals surface area contributed by atoms with Crippen molar-refractivity contribution in [3.63, 3.8) is 0 Å². The second kappa shape index (κ2) is 9.67. The van der Waals surface area contributed by atoms with Gasteiger partial charge in [-0.05, 0) is 19.3 Å². The van der Waals surface area contributed by atoms with Gasteiger partial charge in [-0.15, -0.1) is 24.0 Å². The Kier molecular flexibility index (Phi) is 8.18. The van der Waals surface area contributed by atoms with E-state index in [4.69, 9.17) is 9.47 Å². The van der Waals surface area contributed by atoms with E-state index < -0.39 is 10.0 Å². The summed E-state index contributed by atoms with van der Waals surface area (Å²) in [5, 5.41) is 3.29. The number of nitrogens with one attached hydrogen (secondary N) is 1. The van der Waals surface area contributed by atoms with Crippen molar-refractivity contribution in [2.45, 2.75) is 31.5 Å². The summed E-state index contributed by atoms with van der Waals surface area (Å²) in [6.07, 6.45) is 3.14. The number of morpholine rings is 1. The predicted molar refractivity (Wildman–Crippen MR) is 107 cm³/mol. The summed E-state index contributed by atoms with van der Waals surface area (Å²) < 4.78 is 36.8. The fourth-order valence-corrected chi connectivity index (χ4v) is 5.08. The van der Waals surface area contributed by atoms with Crippen LogP contribution in [0.3, 0.4) is 0 Å². The summed E-state index contributed by atoms with van der Waals surface area (Å²) in [7, 11) is -1.28. The lowest BCUT2D eigenvalue weighted by molar-refractivity contribution is -0.0816. The molecular weight excluding hydrogens is 459 g/mol. The van der Waals surface area contributed by atoms with Gasteiger partial charge in [0.15, 0.2) is 5.96 Å². The molecule has 3 heterocycles. The molecule has 146 valence electrons. The minimum absolute atomic E-state index is 0. The molecule has 0 aliphatic carbocycles. The number of guanidine groups is 1. The molecule has 10 heteroatoms. The molecule has 0 spiro atoms. The van der Waals surface area contributed by atoms with Crippen molar-refractivity contribution in [3.05, 3.63) is 0 Å². The molecule has 0 aromatic carbocycles. The molecule has 2 atom stereocenters.